The summed E-state index contributed by atoms with van der Waals surface area (Å²) in [7, 11) is -3.56. The van der Waals surface area contributed by atoms with E-state index in [0.717, 1.165) is 11.8 Å². The topological polar surface area (TPSA) is 66.5 Å². The van der Waals surface area contributed by atoms with Crippen molar-refractivity contribution >= 4 is 33.4 Å². The van der Waals surface area contributed by atoms with Crippen LogP contribution in [-0.2, 0) is 14.8 Å². The molecule has 1 unspecified atom stereocenters. The number of hydrogen-bond donors (Lipinski definition) is 1. The quantitative estimate of drug-likeness (QED) is 0.624. The molecular weight excluding hydrogens is 418 g/mol. The number of nitrogens with one attached hydrogen (secondary N) is 1. The number of hydrogen-bond acceptors (Lipinski definition) is 4. The third kappa shape index (κ3) is 5.77. The summed E-state index contributed by atoms with van der Waals surface area (Å²) in [6.07, 6.45) is 0. The Morgan fingerprint density at radius 3 is 2.14 bits per heavy atom. The maximum Gasteiger partial charge on any atom is 0.243 e. The number of thioether (sulfide) groups is 1. The first-order valence-corrected chi connectivity index (χ1v) is 11.6. The fourth-order valence-corrected chi connectivity index (χ4v) is 5.13. The Hall–Kier alpha value is -1.97. The van der Waals surface area contributed by atoms with Crippen LogP contribution in [0.3, 0.4) is 0 Å². The highest BCUT2D eigenvalue weighted by Crippen LogP contribution is 2.32. The maximum atomic E-state index is 13.8. The molecular formula is C20H24F2N2O3S2. The Bertz CT molecular complexity index is 926. The molecule has 2 rings (SSSR count). The van der Waals surface area contributed by atoms with Gasteiger partial charge in [-0.05, 0) is 43.3 Å². The predicted octanol–water partition coefficient (Wildman–Crippen LogP) is 4.43. The van der Waals surface area contributed by atoms with E-state index in [1.807, 2.05) is 0 Å². The molecule has 0 bridgehead atoms. The van der Waals surface area contributed by atoms with E-state index in [2.05, 4.69) is 5.32 Å². The smallest absolute Gasteiger partial charge is 0.243 e. The number of nitrogens with zero attached hydrogens (tertiary/aromatic N) is 1. The summed E-state index contributed by atoms with van der Waals surface area (Å²) in [6, 6.07) is 9.56. The molecule has 2 aromatic rings. The molecule has 0 radical (unpaired) electrons. The standard InChI is InChI=1S/C20H24F2N2O3S2/c1-4-24(5-2)29(26,27)16-11-9-15(10-12-16)23-19(25)13-28-14(3)20-17(21)7-6-8-18(20)22/h6-12,14H,4-5,13H2,1-3H3,(H,23,25). The van der Waals surface area contributed by atoms with Gasteiger partial charge in [-0.1, -0.05) is 19.9 Å². The van der Waals surface area contributed by atoms with Crippen molar-refractivity contribution in [1.29, 1.82) is 0 Å². The van der Waals surface area contributed by atoms with Crippen LogP contribution in [0.15, 0.2) is 47.4 Å². The molecule has 1 amide bonds. The Labute approximate surface area is 174 Å². The van der Waals surface area contributed by atoms with E-state index in [-0.39, 0.29) is 22.1 Å². The van der Waals surface area contributed by atoms with Gasteiger partial charge in [0.2, 0.25) is 15.9 Å². The van der Waals surface area contributed by atoms with Gasteiger partial charge < -0.3 is 5.32 Å². The van der Waals surface area contributed by atoms with Crippen molar-refractivity contribution in [2.24, 2.45) is 0 Å². The molecule has 1 atom stereocenters. The van der Waals surface area contributed by atoms with Crippen molar-refractivity contribution in [2.45, 2.75) is 30.9 Å². The average molecular weight is 443 g/mol. The lowest BCUT2D eigenvalue weighted by Gasteiger charge is -2.18. The molecule has 0 fully saturated rings. The van der Waals surface area contributed by atoms with Crippen LogP contribution >= 0.6 is 11.8 Å². The lowest BCUT2D eigenvalue weighted by molar-refractivity contribution is -0.113. The van der Waals surface area contributed by atoms with Gasteiger partial charge in [-0.25, -0.2) is 17.2 Å². The third-order valence-corrected chi connectivity index (χ3v) is 7.58. The zero-order valence-electron chi connectivity index (χ0n) is 16.5. The summed E-state index contributed by atoms with van der Waals surface area (Å²) in [6.45, 7) is 5.90. The predicted molar refractivity (Wildman–Crippen MR) is 112 cm³/mol. The van der Waals surface area contributed by atoms with Crippen molar-refractivity contribution in [2.75, 3.05) is 24.2 Å². The minimum absolute atomic E-state index is 0.00552. The highest BCUT2D eigenvalue weighted by molar-refractivity contribution is 8.00. The van der Waals surface area contributed by atoms with Gasteiger partial charge in [-0.15, -0.1) is 11.8 Å². The molecule has 0 aliphatic rings. The molecule has 29 heavy (non-hydrogen) atoms. The van der Waals surface area contributed by atoms with Gasteiger partial charge in [0, 0.05) is 29.6 Å². The number of amides is 1. The number of carbonyl (C=O) groups is 1. The molecule has 5 nitrogen and oxygen atoms in total. The molecule has 0 saturated heterocycles. The Morgan fingerprint density at radius 2 is 1.62 bits per heavy atom. The summed E-state index contributed by atoms with van der Waals surface area (Å²) in [5.74, 6) is -1.64. The van der Waals surface area contributed by atoms with E-state index in [4.69, 9.17) is 0 Å². The van der Waals surface area contributed by atoms with Crippen LogP contribution in [0.5, 0.6) is 0 Å². The third-order valence-electron chi connectivity index (χ3n) is 4.35. The van der Waals surface area contributed by atoms with Crippen LogP contribution < -0.4 is 5.32 Å². The van der Waals surface area contributed by atoms with Gasteiger partial charge in [0.25, 0.3) is 0 Å². The highest BCUT2D eigenvalue weighted by Gasteiger charge is 2.21. The van der Waals surface area contributed by atoms with Crippen molar-refractivity contribution in [3.8, 4) is 0 Å². The van der Waals surface area contributed by atoms with Crippen LogP contribution in [0.1, 0.15) is 31.6 Å². The lowest BCUT2D eigenvalue weighted by atomic mass is 10.1. The second kappa shape index (κ2) is 10.2. The first-order chi connectivity index (χ1) is 13.7. The maximum absolute atomic E-state index is 13.8. The van der Waals surface area contributed by atoms with Crippen molar-refractivity contribution in [1.82, 2.24) is 4.31 Å². The Kier molecular flexibility index (Phi) is 8.18. The number of benzene rings is 2. The molecule has 9 heteroatoms. The zero-order valence-corrected chi connectivity index (χ0v) is 18.1. The molecule has 0 heterocycles. The van der Waals surface area contributed by atoms with Gasteiger partial charge in [0.1, 0.15) is 11.6 Å². The van der Waals surface area contributed by atoms with Crippen LogP contribution in [0.4, 0.5) is 14.5 Å². The minimum atomic E-state index is -3.56. The number of sulfonamides is 1. The van der Waals surface area contributed by atoms with Gasteiger partial charge >= 0.3 is 0 Å². The summed E-state index contributed by atoms with van der Waals surface area (Å²) < 4.78 is 53.9. The largest absolute Gasteiger partial charge is 0.325 e. The Morgan fingerprint density at radius 1 is 1.07 bits per heavy atom. The van der Waals surface area contributed by atoms with E-state index in [9.17, 15) is 22.0 Å². The van der Waals surface area contributed by atoms with E-state index < -0.39 is 26.9 Å². The minimum Gasteiger partial charge on any atom is -0.325 e. The summed E-state index contributed by atoms with van der Waals surface area (Å²) in [5.41, 5.74) is 0.384. The zero-order chi connectivity index (χ0) is 21.6. The number of anilines is 1. The molecule has 2 aromatic carbocycles. The Balaban J connectivity index is 1.98. The molecule has 0 saturated carbocycles. The molecule has 1 N–H and O–H groups in total. The van der Waals surface area contributed by atoms with Gasteiger partial charge in [-0.3, -0.25) is 4.79 Å². The second-order valence-corrected chi connectivity index (χ2v) is 9.52. The van der Waals surface area contributed by atoms with Gasteiger partial charge in [-0.2, -0.15) is 4.31 Å². The molecule has 0 aliphatic carbocycles. The van der Waals surface area contributed by atoms with Crippen LogP contribution in [-0.4, -0.2) is 37.5 Å². The first kappa shape index (κ1) is 23.3. The number of carbonyl (C=O) groups excluding carboxylic acids is 1. The van der Waals surface area contributed by atoms with Gasteiger partial charge in [0.05, 0.1) is 10.6 Å². The van der Waals surface area contributed by atoms with Crippen LogP contribution in [0.25, 0.3) is 0 Å². The van der Waals surface area contributed by atoms with Gasteiger partial charge in [0.15, 0.2) is 0 Å². The fourth-order valence-electron chi connectivity index (χ4n) is 2.80. The number of halogens is 2. The van der Waals surface area contributed by atoms with E-state index in [1.165, 1.54) is 46.8 Å². The van der Waals surface area contributed by atoms with Crippen molar-refractivity contribution in [3.05, 3.63) is 59.7 Å². The van der Waals surface area contributed by atoms with Crippen molar-refractivity contribution in [3.63, 3.8) is 0 Å². The SMILES string of the molecule is CCN(CC)S(=O)(=O)c1ccc(NC(=O)CSC(C)c2c(F)cccc2F)cc1. The average Bonchev–Trinajstić information content (AvgIpc) is 2.67. The molecule has 0 aliphatic heterocycles. The number of rotatable bonds is 9. The monoisotopic (exact) mass is 442 g/mol. The van der Waals surface area contributed by atoms with E-state index in [0.29, 0.717) is 18.8 Å². The van der Waals surface area contributed by atoms with Crippen LogP contribution in [0, 0.1) is 11.6 Å². The van der Waals surface area contributed by atoms with Crippen LogP contribution in [0.2, 0.25) is 0 Å². The molecule has 0 spiro atoms. The van der Waals surface area contributed by atoms with E-state index in [1.54, 1.807) is 20.8 Å². The van der Waals surface area contributed by atoms with E-state index >= 15 is 0 Å². The highest BCUT2D eigenvalue weighted by atomic mass is 32.2. The summed E-state index contributed by atoms with van der Waals surface area (Å²) >= 11 is 1.11. The van der Waals surface area contributed by atoms with Crippen molar-refractivity contribution < 1.29 is 22.0 Å². The lowest BCUT2D eigenvalue weighted by Crippen LogP contribution is -2.30. The molecule has 0 aromatic heterocycles. The normalized spacial score (nSPS) is 12.8. The fraction of sp³-hybridized carbons (Fsp3) is 0.350. The first-order valence-electron chi connectivity index (χ1n) is 9.16. The summed E-state index contributed by atoms with van der Waals surface area (Å²) in [5, 5.41) is 2.12. The molecule has 158 valence electrons. The summed E-state index contributed by atoms with van der Waals surface area (Å²) in [4.78, 5) is 12.3. The second-order valence-electron chi connectivity index (χ2n) is 6.25.